The van der Waals surface area contributed by atoms with Crippen molar-refractivity contribution in [2.75, 3.05) is 5.32 Å². The van der Waals surface area contributed by atoms with Gasteiger partial charge < -0.3 is 10.1 Å². The van der Waals surface area contributed by atoms with Crippen LogP contribution in [-0.2, 0) is 22.6 Å². The van der Waals surface area contributed by atoms with Gasteiger partial charge in [0.05, 0.1) is 17.0 Å². The number of anilines is 2. The van der Waals surface area contributed by atoms with Gasteiger partial charge >= 0.3 is 5.97 Å². The third-order valence-electron chi connectivity index (χ3n) is 3.76. The summed E-state index contributed by atoms with van der Waals surface area (Å²) in [6.45, 7) is 2.04. The van der Waals surface area contributed by atoms with Gasteiger partial charge in [0.2, 0.25) is 0 Å². The molecule has 7 nitrogen and oxygen atoms in total. The number of nitrogens with one attached hydrogen (secondary N) is 1. The molecule has 0 saturated heterocycles. The molecule has 0 bridgehead atoms. The molecule has 0 unspecified atom stereocenters. The Labute approximate surface area is 159 Å². The monoisotopic (exact) mass is 383 g/mol. The predicted octanol–water partition coefficient (Wildman–Crippen LogP) is 4.39. The number of carbonyl (C=O) groups excluding carboxylic acids is 1. The van der Waals surface area contributed by atoms with E-state index in [9.17, 15) is 14.9 Å². The van der Waals surface area contributed by atoms with Crippen molar-refractivity contribution >= 4 is 33.8 Å². The van der Waals surface area contributed by atoms with E-state index in [0.717, 1.165) is 5.69 Å². The number of hydrogen-bond acceptors (Lipinski definition) is 7. The largest absolute Gasteiger partial charge is 0.459 e. The molecule has 1 aromatic heterocycles. The number of nitrogens with zero attached hydrogens (tertiary/aromatic N) is 2. The molecular weight excluding hydrogens is 366 g/mol. The zero-order chi connectivity index (χ0) is 19.2. The summed E-state index contributed by atoms with van der Waals surface area (Å²) in [5, 5.41) is 16.7. The van der Waals surface area contributed by atoms with Gasteiger partial charge in [0.15, 0.2) is 5.13 Å². The summed E-state index contributed by atoms with van der Waals surface area (Å²) in [5.74, 6) is -0.537. The lowest BCUT2D eigenvalue weighted by atomic mass is 10.1. The molecule has 0 aliphatic heterocycles. The fourth-order valence-corrected chi connectivity index (χ4v) is 3.11. The van der Waals surface area contributed by atoms with Gasteiger partial charge in [0, 0.05) is 22.7 Å². The van der Waals surface area contributed by atoms with Crippen LogP contribution in [0.3, 0.4) is 0 Å². The van der Waals surface area contributed by atoms with Crippen molar-refractivity contribution in [1.29, 1.82) is 0 Å². The number of nitro benzene ring substituents is 1. The predicted molar refractivity (Wildman–Crippen MR) is 103 cm³/mol. The third kappa shape index (κ3) is 5.11. The molecule has 8 heteroatoms. The van der Waals surface area contributed by atoms with Crippen LogP contribution in [0.15, 0.2) is 53.9 Å². The topological polar surface area (TPSA) is 94.4 Å². The van der Waals surface area contributed by atoms with E-state index in [1.807, 2.05) is 31.2 Å². The van der Waals surface area contributed by atoms with Gasteiger partial charge in [-0.1, -0.05) is 35.9 Å². The molecule has 3 aromatic rings. The summed E-state index contributed by atoms with van der Waals surface area (Å²) in [6.07, 6.45) is -0.157. The van der Waals surface area contributed by atoms with E-state index in [4.69, 9.17) is 4.74 Å². The maximum Gasteiger partial charge on any atom is 0.310 e. The zero-order valence-electron chi connectivity index (χ0n) is 14.5. The number of nitro groups is 1. The number of rotatable bonds is 7. The molecule has 1 N–H and O–H groups in total. The molecule has 2 aromatic carbocycles. The summed E-state index contributed by atoms with van der Waals surface area (Å²) in [4.78, 5) is 26.9. The first-order chi connectivity index (χ1) is 13.0. The van der Waals surface area contributed by atoms with Crippen LogP contribution < -0.4 is 5.32 Å². The average molecular weight is 383 g/mol. The quantitative estimate of drug-likeness (QED) is 0.369. The van der Waals surface area contributed by atoms with Gasteiger partial charge in [0.25, 0.3) is 5.69 Å². The Kier molecular flexibility index (Phi) is 5.77. The third-order valence-corrected chi connectivity index (χ3v) is 4.57. The summed E-state index contributed by atoms with van der Waals surface area (Å²) in [7, 11) is 0. The standard InChI is InChI=1S/C19H17N3O4S/c1-13-6-8-15(9-7-13)20-19-21-16(12-27-19)11-26-18(23)10-14-4-2-3-5-17(14)22(24)25/h2-9,12H,10-11H2,1H3,(H,20,21). The zero-order valence-corrected chi connectivity index (χ0v) is 15.4. The highest BCUT2D eigenvalue weighted by molar-refractivity contribution is 7.13. The summed E-state index contributed by atoms with van der Waals surface area (Å²) in [6, 6.07) is 14.1. The summed E-state index contributed by atoms with van der Waals surface area (Å²) < 4.78 is 5.20. The number of thiazole rings is 1. The molecule has 0 aliphatic rings. The molecule has 1 heterocycles. The number of aromatic nitrogens is 1. The van der Waals surface area contributed by atoms with E-state index in [0.29, 0.717) is 16.4 Å². The molecule has 0 radical (unpaired) electrons. The van der Waals surface area contributed by atoms with Crippen LogP contribution in [0.25, 0.3) is 0 Å². The van der Waals surface area contributed by atoms with Crippen molar-refractivity contribution in [3.63, 3.8) is 0 Å². The van der Waals surface area contributed by atoms with Crippen molar-refractivity contribution in [2.45, 2.75) is 20.0 Å². The van der Waals surface area contributed by atoms with Crippen LogP contribution in [0.4, 0.5) is 16.5 Å². The van der Waals surface area contributed by atoms with Crippen LogP contribution in [-0.4, -0.2) is 15.9 Å². The second-order valence-electron chi connectivity index (χ2n) is 5.86. The SMILES string of the molecule is Cc1ccc(Nc2nc(COC(=O)Cc3ccccc3[N+](=O)[O-])cs2)cc1. The molecule has 0 amide bonds. The molecule has 3 rings (SSSR count). The highest BCUT2D eigenvalue weighted by atomic mass is 32.1. The second-order valence-corrected chi connectivity index (χ2v) is 6.72. The Balaban J connectivity index is 1.54. The number of benzene rings is 2. The first-order valence-electron chi connectivity index (χ1n) is 8.17. The van der Waals surface area contributed by atoms with Crippen LogP contribution in [0.5, 0.6) is 0 Å². The Morgan fingerprint density at radius 3 is 2.70 bits per heavy atom. The normalized spacial score (nSPS) is 10.4. The minimum absolute atomic E-state index is 0.0194. The number of ether oxygens (including phenoxy) is 1. The van der Waals surface area contributed by atoms with Gasteiger partial charge in [-0.15, -0.1) is 11.3 Å². The molecule has 0 fully saturated rings. The molecule has 138 valence electrons. The number of carbonyl (C=O) groups is 1. The van der Waals surface area contributed by atoms with E-state index >= 15 is 0 Å². The molecule has 0 saturated carbocycles. The summed E-state index contributed by atoms with van der Waals surface area (Å²) >= 11 is 1.41. The van der Waals surface area contributed by atoms with Crippen molar-refractivity contribution in [1.82, 2.24) is 4.98 Å². The first kappa shape index (κ1) is 18.5. The Morgan fingerprint density at radius 2 is 1.96 bits per heavy atom. The van der Waals surface area contributed by atoms with Gasteiger partial charge in [-0.25, -0.2) is 4.98 Å². The Morgan fingerprint density at radius 1 is 1.22 bits per heavy atom. The second kappa shape index (κ2) is 8.41. The lowest BCUT2D eigenvalue weighted by Crippen LogP contribution is -2.09. The molecule has 27 heavy (non-hydrogen) atoms. The fraction of sp³-hybridized carbons (Fsp3) is 0.158. The van der Waals surface area contributed by atoms with E-state index in [-0.39, 0.29) is 18.7 Å². The van der Waals surface area contributed by atoms with Crippen LogP contribution in [0, 0.1) is 17.0 Å². The Bertz CT molecular complexity index is 954. The van der Waals surface area contributed by atoms with Crippen molar-refractivity contribution in [3.05, 3.63) is 80.8 Å². The van der Waals surface area contributed by atoms with E-state index in [1.165, 1.54) is 23.0 Å². The number of esters is 1. The van der Waals surface area contributed by atoms with Crippen molar-refractivity contribution in [3.8, 4) is 0 Å². The smallest absolute Gasteiger partial charge is 0.310 e. The molecule has 0 spiro atoms. The first-order valence-corrected chi connectivity index (χ1v) is 9.05. The van der Waals surface area contributed by atoms with Gasteiger partial charge in [0.1, 0.15) is 6.61 Å². The number of para-hydroxylation sites is 1. The van der Waals surface area contributed by atoms with Crippen molar-refractivity contribution < 1.29 is 14.5 Å². The molecule has 0 atom stereocenters. The number of hydrogen-bond donors (Lipinski definition) is 1. The fourth-order valence-electron chi connectivity index (χ4n) is 2.39. The van der Waals surface area contributed by atoms with E-state index in [1.54, 1.807) is 23.6 Å². The maximum atomic E-state index is 12.0. The Hall–Kier alpha value is -3.26. The van der Waals surface area contributed by atoms with Crippen LogP contribution in [0.1, 0.15) is 16.8 Å². The lowest BCUT2D eigenvalue weighted by Gasteiger charge is -2.04. The molecular formula is C19H17N3O4S. The minimum Gasteiger partial charge on any atom is -0.459 e. The van der Waals surface area contributed by atoms with Gasteiger partial charge in [-0.05, 0) is 19.1 Å². The van der Waals surface area contributed by atoms with Crippen LogP contribution >= 0.6 is 11.3 Å². The maximum absolute atomic E-state index is 12.0. The lowest BCUT2D eigenvalue weighted by molar-refractivity contribution is -0.385. The minimum atomic E-state index is -0.537. The van der Waals surface area contributed by atoms with E-state index in [2.05, 4.69) is 10.3 Å². The van der Waals surface area contributed by atoms with Gasteiger partial charge in [-0.3, -0.25) is 14.9 Å². The molecule has 0 aliphatic carbocycles. The highest BCUT2D eigenvalue weighted by Crippen LogP contribution is 2.22. The van der Waals surface area contributed by atoms with Crippen LogP contribution in [0.2, 0.25) is 0 Å². The highest BCUT2D eigenvalue weighted by Gasteiger charge is 2.16. The van der Waals surface area contributed by atoms with E-state index < -0.39 is 10.9 Å². The average Bonchev–Trinajstić information content (AvgIpc) is 3.10. The van der Waals surface area contributed by atoms with Gasteiger partial charge in [-0.2, -0.15) is 0 Å². The number of aryl methyl sites for hydroxylation is 1. The summed E-state index contributed by atoms with van der Waals surface area (Å²) in [5.41, 5.74) is 2.95. The van der Waals surface area contributed by atoms with Crippen molar-refractivity contribution in [2.24, 2.45) is 0 Å².